The number of nitrogens with zero attached hydrogens (tertiary/aromatic N) is 2. The fourth-order valence-corrected chi connectivity index (χ4v) is 3.16. The van der Waals surface area contributed by atoms with Gasteiger partial charge in [0.05, 0.1) is 5.92 Å². The van der Waals surface area contributed by atoms with Crippen LogP contribution in [0.15, 0.2) is 0 Å². The van der Waals surface area contributed by atoms with E-state index >= 15 is 0 Å². The molecule has 1 N–H and O–H groups in total. The number of carbonyl (C=O) groups excluding carboxylic acids is 1. The molecule has 2 amide bonds. The van der Waals surface area contributed by atoms with Gasteiger partial charge in [-0.1, -0.05) is 20.8 Å². The molecule has 2 heterocycles. The Morgan fingerprint density at radius 3 is 2.00 bits per heavy atom. The van der Waals surface area contributed by atoms with Gasteiger partial charge in [-0.25, -0.2) is 4.79 Å². The minimum atomic E-state index is -0.730. The molecule has 1 atom stereocenters. The molecule has 0 aromatic carbocycles. The molecule has 0 aromatic heterocycles. The van der Waals surface area contributed by atoms with Gasteiger partial charge in [0.25, 0.3) is 0 Å². The van der Waals surface area contributed by atoms with Crippen molar-refractivity contribution in [2.75, 3.05) is 26.2 Å². The Labute approximate surface area is 120 Å². The van der Waals surface area contributed by atoms with Gasteiger partial charge in [0.2, 0.25) is 0 Å². The van der Waals surface area contributed by atoms with Crippen LogP contribution in [-0.2, 0) is 4.79 Å². The first kappa shape index (κ1) is 15.1. The zero-order valence-corrected chi connectivity index (χ0v) is 12.8. The number of aliphatic carboxylic acids is 1. The van der Waals surface area contributed by atoms with Gasteiger partial charge < -0.3 is 14.9 Å². The topological polar surface area (TPSA) is 60.9 Å². The summed E-state index contributed by atoms with van der Waals surface area (Å²) < 4.78 is 0. The van der Waals surface area contributed by atoms with Crippen molar-refractivity contribution in [1.29, 1.82) is 0 Å². The first-order valence-corrected chi connectivity index (χ1v) is 7.55. The lowest BCUT2D eigenvalue weighted by atomic mass is 9.80. The lowest BCUT2D eigenvalue weighted by Crippen LogP contribution is -2.47. The molecule has 1 unspecified atom stereocenters. The van der Waals surface area contributed by atoms with Gasteiger partial charge >= 0.3 is 12.0 Å². The molecule has 0 bridgehead atoms. The van der Waals surface area contributed by atoms with E-state index in [0.29, 0.717) is 31.8 Å². The minimum absolute atomic E-state index is 0.0978. The van der Waals surface area contributed by atoms with E-state index in [-0.39, 0.29) is 17.4 Å². The molecule has 20 heavy (non-hydrogen) atoms. The number of carbonyl (C=O) groups is 2. The van der Waals surface area contributed by atoms with E-state index in [9.17, 15) is 9.59 Å². The molecule has 0 radical (unpaired) electrons. The zero-order valence-electron chi connectivity index (χ0n) is 12.8. The lowest BCUT2D eigenvalue weighted by Gasteiger charge is -2.34. The van der Waals surface area contributed by atoms with Crippen molar-refractivity contribution in [1.82, 2.24) is 9.80 Å². The van der Waals surface area contributed by atoms with Crippen molar-refractivity contribution in [2.45, 2.75) is 40.0 Å². The summed E-state index contributed by atoms with van der Waals surface area (Å²) in [5.74, 6) is -0.450. The maximum absolute atomic E-state index is 12.5. The Kier molecular flexibility index (Phi) is 4.25. The second-order valence-corrected chi connectivity index (χ2v) is 7.18. The van der Waals surface area contributed by atoms with E-state index in [1.165, 1.54) is 0 Å². The Bertz CT molecular complexity index is 381. The lowest BCUT2D eigenvalue weighted by molar-refractivity contribution is -0.143. The summed E-state index contributed by atoms with van der Waals surface area (Å²) in [6, 6.07) is 0.0978. The van der Waals surface area contributed by atoms with Crippen molar-refractivity contribution in [2.24, 2.45) is 17.3 Å². The summed E-state index contributed by atoms with van der Waals surface area (Å²) >= 11 is 0. The van der Waals surface area contributed by atoms with E-state index in [2.05, 4.69) is 20.8 Å². The first-order chi connectivity index (χ1) is 9.29. The molecule has 0 aromatic rings. The van der Waals surface area contributed by atoms with Crippen LogP contribution < -0.4 is 0 Å². The molecule has 2 rings (SSSR count). The number of amides is 2. The molecule has 114 valence electrons. The third-order valence-corrected chi connectivity index (χ3v) is 4.80. The second kappa shape index (κ2) is 5.62. The predicted octanol–water partition coefficient (Wildman–Crippen LogP) is 2.27. The van der Waals surface area contributed by atoms with Crippen LogP contribution >= 0.6 is 0 Å². The molecule has 2 fully saturated rings. The van der Waals surface area contributed by atoms with E-state index in [0.717, 1.165) is 19.5 Å². The molecule has 2 aliphatic heterocycles. The number of carboxylic acids is 1. The highest BCUT2D eigenvalue weighted by atomic mass is 16.4. The van der Waals surface area contributed by atoms with Crippen LogP contribution in [0.4, 0.5) is 4.79 Å². The molecule has 5 nitrogen and oxygen atoms in total. The van der Waals surface area contributed by atoms with Gasteiger partial charge in [0, 0.05) is 26.2 Å². The van der Waals surface area contributed by atoms with E-state index in [4.69, 9.17) is 5.11 Å². The average Bonchev–Trinajstić information content (AvgIpc) is 2.87. The second-order valence-electron chi connectivity index (χ2n) is 7.18. The number of likely N-dealkylation sites (tertiary alicyclic amines) is 2. The maximum Gasteiger partial charge on any atom is 0.320 e. The van der Waals surface area contributed by atoms with Crippen LogP contribution in [0.3, 0.4) is 0 Å². The summed E-state index contributed by atoms with van der Waals surface area (Å²) in [5.41, 5.74) is 0.241. The Morgan fingerprint density at radius 1 is 1.00 bits per heavy atom. The standard InChI is InChI=1S/C15H26N2O3/c1-15(2,3)12-6-9-17(10-12)14(20)16-7-4-11(5-8-16)13(18)19/h11-12H,4-10H2,1-3H3,(H,18,19). The van der Waals surface area contributed by atoms with Crippen molar-refractivity contribution in [3.8, 4) is 0 Å². The SMILES string of the molecule is CC(C)(C)C1CCN(C(=O)N2CCC(C(=O)O)CC2)C1. The number of piperidine rings is 1. The fraction of sp³-hybridized carbons (Fsp3) is 0.867. The quantitative estimate of drug-likeness (QED) is 0.802. The zero-order chi connectivity index (χ0) is 14.9. The Morgan fingerprint density at radius 2 is 1.55 bits per heavy atom. The van der Waals surface area contributed by atoms with Gasteiger partial charge in [-0.3, -0.25) is 4.79 Å². The molecule has 0 aliphatic carbocycles. The first-order valence-electron chi connectivity index (χ1n) is 7.55. The highest BCUT2D eigenvalue weighted by Crippen LogP contribution is 2.34. The monoisotopic (exact) mass is 282 g/mol. The minimum Gasteiger partial charge on any atom is -0.481 e. The summed E-state index contributed by atoms with van der Waals surface area (Å²) in [6.45, 7) is 9.50. The van der Waals surface area contributed by atoms with Gasteiger partial charge in [0.1, 0.15) is 0 Å². The fourth-order valence-electron chi connectivity index (χ4n) is 3.16. The Hall–Kier alpha value is -1.26. The molecule has 0 saturated carbocycles. The molecule has 2 aliphatic rings. The third kappa shape index (κ3) is 3.25. The van der Waals surface area contributed by atoms with Crippen LogP contribution in [-0.4, -0.2) is 53.1 Å². The van der Waals surface area contributed by atoms with Crippen LogP contribution in [0, 0.1) is 17.3 Å². The molecular weight excluding hydrogens is 256 g/mol. The smallest absolute Gasteiger partial charge is 0.320 e. The molecule has 0 spiro atoms. The van der Waals surface area contributed by atoms with Crippen LogP contribution in [0.1, 0.15) is 40.0 Å². The average molecular weight is 282 g/mol. The number of rotatable bonds is 1. The van der Waals surface area contributed by atoms with Crippen LogP contribution in [0.5, 0.6) is 0 Å². The van der Waals surface area contributed by atoms with Crippen molar-refractivity contribution >= 4 is 12.0 Å². The highest BCUT2D eigenvalue weighted by Gasteiger charge is 2.36. The summed E-state index contributed by atoms with van der Waals surface area (Å²) in [4.78, 5) is 27.1. The van der Waals surface area contributed by atoms with Gasteiger partial charge in [-0.2, -0.15) is 0 Å². The normalized spacial score (nSPS) is 25.1. The molecular formula is C15H26N2O3. The summed E-state index contributed by atoms with van der Waals surface area (Å²) in [7, 11) is 0. The van der Waals surface area contributed by atoms with E-state index < -0.39 is 5.97 Å². The number of carboxylic acid groups (broad SMARTS) is 1. The molecule has 5 heteroatoms. The number of hydrogen-bond donors (Lipinski definition) is 1. The van der Waals surface area contributed by atoms with Crippen LogP contribution in [0.25, 0.3) is 0 Å². The van der Waals surface area contributed by atoms with Gasteiger partial charge in [0.15, 0.2) is 0 Å². The van der Waals surface area contributed by atoms with Crippen molar-refractivity contribution in [3.05, 3.63) is 0 Å². The largest absolute Gasteiger partial charge is 0.481 e. The van der Waals surface area contributed by atoms with E-state index in [1.54, 1.807) is 0 Å². The van der Waals surface area contributed by atoms with Gasteiger partial charge in [-0.05, 0) is 30.6 Å². The summed E-state index contributed by atoms with van der Waals surface area (Å²) in [6.07, 6.45) is 2.23. The van der Waals surface area contributed by atoms with Crippen molar-refractivity contribution < 1.29 is 14.7 Å². The molecule has 2 saturated heterocycles. The maximum atomic E-state index is 12.5. The van der Waals surface area contributed by atoms with Gasteiger partial charge in [-0.15, -0.1) is 0 Å². The Balaban J connectivity index is 1.86. The predicted molar refractivity (Wildman–Crippen MR) is 76.5 cm³/mol. The van der Waals surface area contributed by atoms with E-state index in [1.807, 2.05) is 9.80 Å². The van der Waals surface area contributed by atoms with Crippen LogP contribution in [0.2, 0.25) is 0 Å². The number of hydrogen-bond acceptors (Lipinski definition) is 2. The number of urea groups is 1. The summed E-state index contributed by atoms with van der Waals surface area (Å²) in [5, 5.41) is 8.99. The highest BCUT2D eigenvalue weighted by molar-refractivity contribution is 5.76. The third-order valence-electron chi connectivity index (χ3n) is 4.80. The van der Waals surface area contributed by atoms with Crippen molar-refractivity contribution in [3.63, 3.8) is 0 Å².